The monoisotopic (exact) mass is 244 g/mol. The highest BCUT2D eigenvalue weighted by molar-refractivity contribution is 5.82. The lowest BCUT2D eigenvalue weighted by atomic mass is 9.72. The van der Waals surface area contributed by atoms with Gasteiger partial charge < -0.3 is 4.74 Å². The van der Waals surface area contributed by atoms with Gasteiger partial charge in [-0.25, -0.2) is 0 Å². The molecule has 0 N–H and O–H groups in total. The highest BCUT2D eigenvalue weighted by Gasteiger charge is 2.36. The third-order valence-electron chi connectivity index (χ3n) is 4.50. The fourth-order valence-corrected chi connectivity index (χ4v) is 3.41. The minimum atomic E-state index is 0.242. The zero-order valence-electron chi connectivity index (χ0n) is 10.7. The summed E-state index contributed by atoms with van der Waals surface area (Å²) >= 11 is 0. The third-order valence-corrected chi connectivity index (χ3v) is 4.50. The molecule has 0 radical (unpaired) electrons. The van der Waals surface area contributed by atoms with Crippen molar-refractivity contribution in [3.8, 4) is 0 Å². The first-order valence-corrected chi connectivity index (χ1v) is 7.00. The molecule has 1 aliphatic carbocycles. The van der Waals surface area contributed by atoms with Gasteiger partial charge >= 0.3 is 0 Å². The molecule has 2 nitrogen and oxygen atoms in total. The van der Waals surface area contributed by atoms with Gasteiger partial charge in [-0.3, -0.25) is 4.79 Å². The second-order valence-electron chi connectivity index (χ2n) is 5.58. The number of hydrogen-bond acceptors (Lipinski definition) is 2. The Morgan fingerprint density at radius 2 is 1.94 bits per heavy atom. The molecule has 1 aromatic carbocycles. The maximum absolute atomic E-state index is 12.1. The molecular formula is C16H20O2. The molecule has 2 heteroatoms. The van der Waals surface area contributed by atoms with Gasteiger partial charge in [-0.05, 0) is 36.7 Å². The van der Waals surface area contributed by atoms with E-state index in [9.17, 15) is 4.79 Å². The second-order valence-corrected chi connectivity index (χ2v) is 5.58. The second kappa shape index (κ2) is 5.23. The SMILES string of the molecule is O=C1CCC(c2ccccc2)CC1C1CCOC1. The molecule has 0 spiro atoms. The van der Waals surface area contributed by atoms with Crippen LogP contribution < -0.4 is 0 Å². The van der Waals surface area contributed by atoms with Crippen LogP contribution in [0.15, 0.2) is 30.3 Å². The number of carbonyl (C=O) groups is 1. The first-order chi connectivity index (χ1) is 8.84. The summed E-state index contributed by atoms with van der Waals surface area (Å²) in [5.41, 5.74) is 1.40. The standard InChI is InChI=1S/C16H20O2/c17-16-7-6-13(12-4-2-1-3-5-12)10-15(16)14-8-9-18-11-14/h1-5,13-15H,6-11H2. The van der Waals surface area contributed by atoms with E-state index in [1.54, 1.807) is 0 Å². The molecular weight excluding hydrogens is 224 g/mol. The summed E-state index contributed by atoms with van der Waals surface area (Å²) in [5, 5.41) is 0. The molecule has 1 aromatic rings. The Labute approximate surface area is 108 Å². The van der Waals surface area contributed by atoms with Crippen molar-refractivity contribution in [1.82, 2.24) is 0 Å². The molecule has 2 aliphatic rings. The Balaban J connectivity index is 1.73. The molecule has 0 amide bonds. The molecule has 1 saturated heterocycles. The highest BCUT2D eigenvalue weighted by Crippen LogP contribution is 2.39. The number of Topliss-reactive ketones (excluding diaryl/α,β-unsaturated/α-hetero) is 1. The van der Waals surface area contributed by atoms with E-state index >= 15 is 0 Å². The number of hydrogen-bond donors (Lipinski definition) is 0. The maximum atomic E-state index is 12.1. The van der Waals surface area contributed by atoms with E-state index in [2.05, 4.69) is 30.3 Å². The van der Waals surface area contributed by atoms with Gasteiger partial charge in [-0.15, -0.1) is 0 Å². The predicted octanol–water partition coefficient (Wildman–Crippen LogP) is 3.18. The van der Waals surface area contributed by atoms with Crippen LogP contribution in [0, 0.1) is 11.8 Å². The van der Waals surface area contributed by atoms with Gasteiger partial charge in [0.15, 0.2) is 0 Å². The summed E-state index contributed by atoms with van der Waals surface area (Å²) in [6, 6.07) is 10.6. The molecule has 18 heavy (non-hydrogen) atoms. The average Bonchev–Trinajstić information content (AvgIpc) is 2.94. The third kappa shape index (κ3) is 2.35. The largest absolute Gasteiger partial charge is 0.381 e. The molecule has 1 saturated carbocycles. The topological polar surface area (TPSA) is 26.3 Å². The molecule has 96 valence electrons. The van der Waals surface area contributed by atoms with Crippen molar-refractivity contribution in [2.24, 2.45) is 11.8 Å². The lowest BCUT2D eigenvalue weighted by molar-refractivity contribution is -0.126. The maximum Gasteiger partial charge on any atom is 0.136 e. The molecule has 1 aliphatic heterocycles. The first kappa shape index (κ1) is 11.9. The van der Waals surface area contributed by atoms with Crippen LogP contribution in [0.5, 0.6) is 0 Å². The molecule has 3 atom stereocenters. The molecule has 0 bridgehead atoms. The van der Waals surface area contributed by atoms with Gasteiger partial charge in [0.1, 0.15) is 5.78 Å². The summed E-state index contributed by atoms with van der Waals surface area (Å²) < 4.78 is 5.45. The molecule has 3 rings (SSSR count). The number of benzene rings is 1. The van der Waals surface area contributed by atoms with Crippen LogP contribution in [0.3, 0.4) is 0 Å². The number of rotatable bonds is 2. The van der Waals surface area contributed by atoms with E-state index in [1.807, 2.05) is 0 Å². The summed E-state index contributed by atoms with van der Waals surface area (Å²) in [6.45, 7) is 1.63. The normalized spacial score (nSPS) is 32.7. The summed E-state index contributed by atoms with van der Waals surface area (Å²) in [5.74, 6) is 1.75. The van der Waals surface area contributed by atoms with Crippen LogP contribution in [0.1, 0.15) is 37.2 Å². The van der Waals surface area contributed by atoms with Crippen LogP contribution in [0.25, 0.3) is 0 Å². The highest BCUT2D eigenvalue weighted by atomic mass is 16.5. The van der Waals surface area contributed by atoms with Crippen LogP contribution in [0.2, 0.25) is 0 Å². The summed E-state index contributed by atoms with van der Waals surface area (Å²) in [7, 11) is 0. The van der Waals surface area contributed by atoms with Gasteiger partial charge in [-0.2, -0.15) is 0 Å². The number of carbonyl (C=O) groups excluding carboxylic acids is 1. The van der Waals surface area contributed by atoms with Gasteiger partial charge in [0, 0.05) is 18.9 Å². The minimum absolute atomic E-state index is 0.242. The Morgan fingerprint density at radius 1 is 1.11 bits per heavy atom. The van der Waals surface area contributed by atoms with Crippen molar-refractivity contribution >= 4 is 5.78 Å². The molecule has 0 aromatic heterocycles. The van der Waals surface area contributed by atoms with E-state index < -0.39 is 0 Å². The van der Waals surface area contributed by atoms with Crippen molar-refractivity contribution in [1.29, 1.82) is 0 Å². The van der Waals surface area contributed by atoms with Crippen LogP contribution >= 0.6 is 0 Å². The summed E-state index contributed by atoms with van der Waals surface area (Å²) in [4.78, 5) is 12.1. The van der Waals surface area contributed by atoms with Gasteiger partial charge in [0.25, 0.3) is 0 Å². The Morgan fingerprint density at radius 3 is 2.67 bits per heavy atom. The van der Waals surface area contributed by atoms with Crippen molar-refractivity contribution in [2.75, 3.05) is 13.2 Å². The quantitative estimate of drug-likeness (QED) is 0.798. The van der Waals surface area contributed by atoms with Crippen LogP contribution in [0.4, 0.5) is 0 Å². The lowest BCUT2D eigenvalue weighted by Crippen LogP contribution is -2.30. The van der Waals surface area contributed by atoms with Crippen molar-refractivity contribution in [3.05, 3.63) is 35.9 Å². The number of ketones is 1. The van der Waals surface area contributed by atoms with Gasteiger partial charge in [0.2, 0.25) is 0 Å². The fraction of sp³-hybridized carbons (Fsp3) is 0.562. The first-order valence-electron chi connectivity index (χ1n) is 7.00. The van der Waals surface area contributed by atoms with Crippen molar-refractivity contribution in [2.45, 2.75) is 31.6 Å². The van der Waals surface area contributed by atoms with E-state index in [0.29, 0.717) is 17.6 Å². The fourth-order valence-electron chi connectivity index (χ4n) is 3.41. The van der Waals surface area contributed by atoms with Crippen LogP contribution in [-0.2, 0) is 9.53 Å². The average molecular weight is 244 g/mol. The van der Waals surface area contributed by atoms with E-state index in [-0.39, 0.29) is 5.92 Å². The zero-order valence-corrected chi connectivity index (χ0v) is 10.7. The summed E-state index contributed by atoms with van der Waals surface area (Å²) in [6.07, 6.45) is 3.86. The molecule has 1 heterocycles. The Bertz CT molecular complexity index is 406. The van der Waals surface area contributed by atoms with Gasteiger partial charge in [-0.1, -0.05) is 30.3 Å². The Hall–Kier alpha value is -1.15. The Kier molecular flexibility index (Phi) is 3.46. The molecule has 3 unspecified atom stereocenters. The van der Waals surface area contributed by atoms with Gasteiger partial charge in [0.05, 0.1) is 6.61 Å². The minimum Gasteiger partial charge on any atom is -0.381 e. The predicted molar refractivity (Wildman–Crippen MR) is 70.5 cm³/mol. The molecule has 2 fully saturated rings. The zero-order chi connectivity index (χ0) is 12.4. The smallest absolute Gasteiger partial charge is 0.136 e. The van der Waals surface area contributed by atoms with Crippen LogP contribution in [-0.4, -0.2) is 19.0 Å². The number of ether oxygens (including phenoxy) is 1. The van der Waals surface area contributed by atoms with Crippen molar-refractivity contribution in [3.63, 3.8) is 0 Å². The van der Waals surface area contributed by atoms with E-state index in [1.165, 1.54) is 5.56 Å². The van der Waals surface area contributed by atoms with E-state index in [4.69, 9.17) is 4.74 Å². The van der Waals surface area contributed by atoms with E-state index in [0.717, 1.165) is 38.9 Å². The lowest BCUT2D eigenvalue weighted by Gasteiger charge is -2.31. The van der Waals surface area contributed by atoms with Crippen molar-refractivity contribution < 1.29 is 9.53 Å².